The normalized spacial score (nSPS) is 27.6. The van der Waals surface area contributed by atoms with Gasteiger partial charge in [0.1, 0.15) is 11.5 Å². The van der Waals surface area contributed by atoms with Crippen LogP contribution in [0.4, 0.5) is 0 Å². The van der Waals surface area contributed by atoms with Crippen LogP contribution in [0.2, 0.25) is 0 Å². The van der Waals surface area contributed by atoms with Gasteiger partial charge in [0.05, 0.1) is 0 Å². The highest BCUT2D eigenvalue weighted by Gasteiger charge is 2.23. The molecule has 0 aromatic carbocycles. The van der Waals surface area contributed by atoms with E-state index in [1.54, 1.807) is 11.1 Å². The Hall–Kier alpha value is -0.720. The first kappa shape index (κ1) is 33.2. The van der Waals surface area contributed by atoms with Crippen LogP contribution in [-0.2, 0) is 4.74 Å². The SMILES string of the molecule is CCCC1CCC(CCCCC(OC(CCCCC2CCC(CCC)CC2)=C2CCCCC2)=C2CCCCC2)CC1. The molecule has 4 rings (SSSR count). The Labute approximate surface area is 257 Å². The van der Waals surface area contributed by atoms with E-state index in [1.165, 1.54) is 204 Å². The van der Waals surface area contributed by atoms with Gasteiger partial charge in [-0.1, -0.05) is 129 Å². The molecule has 0 spiro atoms. The molecule has 1 heteroatoms. The molecule has 4 aliphatic rings. The lowest BCUT2D eigenvalue weighted by molar-refractivity contribution is 0.234. The fourth-order valence-electron chi connectivity index (χ4n) is 9.13. The highest BCUT2D eigenvalue weighted by atomic mass is 16.5. The zero-order chi connectivity index (χ0) is 28.5. The lowest BCUT2D eigenvalue weighted by Crippen LogP contribution is -2.14. The minimum Gasteiger partial charge on any atom is -0.466 e. The van der Waals surface area contributed by atoms with Crippen molar-refractivity contribution in [2.24, 2.45) is 23.7 Å². The molecule has 4 saturated carbocycles. The molecule has 0 aromatic heterocycles. The molecule has 0 bridgehead atoms. The Balaban J connectivity index is 1.27. The van der Waals surface area contributed by atoms with Crippen molar-refractivity contribution >= 4 is 0 Å². The lowest BCUT2D eigenvalue weighted by atomic mass is 9.78. The summed E-state index contributed by atoms with van der Waals surface area (Å²) >= 11 is 0. The van der Waals surface area contributed by atoms with Crippen LogP contribution in [0.15, 0.2) is 22.7 Å². The number of rotatable bonds is 16. The van der Waals surface area contributed by atoms with Gasteiger partial charge < -0.3 is 4.74 Å². The number of hydrogen-bond donors (Lipinski definition) is 0. The predicted octanol–water partition coefficient (Wildman–Crippen LogP) is 13.8. The molecule has 0 aromatic rings. The van der Waals surface area contributed by atoms with Crippen molar-refractivity contribution in [2.75, 3.05) is 0 Å². The van der Waals surface area contributed by atoms with E-state index < -0.39 is 0 Å². The predicted molar refractivity (Wildman–Crippen MR) is 179 cm³/mol. The molecule has 1 nitrogen and oxygen atoms in total. The summed E-state index contributed by atoms with van der Waals surface area (Å²) in [5, 5.41) is 0. The largest absolute Gasteiger partial charge is 0.466 e. The molecule has 0 heterocycles. The second-order valence-corrected chi connectivity index (χ2v) is 15.1. The molecule has 41 heavy (non-hydrogen) atoms. The summed E-state index contributed by atoms with van der Waals surface area (Å²) in [6.45, 7) is 4.73. The summed E-state index contributed by atoms with van der Waals surface area (Å²) < 4.78 is 7.15. The van der Waals surface area contributed by atoms with Gasteiger partial charge >= 0.3 is 0 Å². The Morgan fingerprint density at radius 2 is 0.805 bits per heavy atom. The van der Waals surface area contributed by atoms with Crippen LogP contribution in [0, 0.1) is 23.7 Å². The van der Waals surface area contributed by atoms with Gasteiger partial charge in [0, 0.05) is 12.8 Å². The van der Waals surface area contributed by atoms with Crippen LogP contribution in [0.5, 0.6) is 0 Å². The number of allylic oxidation sites excluding steroid dienone is 4. The van der Waals surface area contributed by atoms with Crippen LogP contribution < -0.4 is 0 Å². The monoisotopic (exact) mass is 567 g/mol. The van der Waals surface area contributed by atoms with E-state index in [-0.39, 0.29) is 0 Å². The van der Waals surface area contributed by atoms with Crippen molar-refractivity contribution in [2.45, 2.75) is 206 Å². The molecule has 4 fully saturated rings. The topological polar surface area (TPSA) is 9.23 Å². The summed E-state index contributed by atoms with van der Waals surface area (Å²) in [4.78, 5) is 0. The number of ether oxygens (including phenoxy) is 1. The van der Waals surface area contributed by atoms with E-state index in [2.05, 4.69) is 13.8 Å². The summed E-state index contributed by atoms with van der Waals surface area (Å²) in [5.74, 6) is 6.99. The molecule has 236 valence electrons. The zero-order valence-electron chi connectivity index (χ0n) is 27.9. The molecule has 0 aliphatic heterocycles. The van der Waals surface area contributed by atoms with E-state index in [1.807, 2.05) is 0 Å². The van der Waals surface area contributed by atoms with Crippen molar-refractivity contribution in [3.8, 4) is 0 Å². The third-order valence-corrected chi connectivity index (χ3v) is 11.8. The first-order valence-corrected chi connectivity index (χ1v) is 19.3. The van der Waals surface area contributed by atoms with Crippen LogP contribution >= 0.6 is 0 Å². The van der Waals surface area contributed by atoms with Gasteiger partial charge in [-0.05, 0) is 99.0 Å². The number of unbranched alkanes of at least 4 members (excludes halogenated alkanes) is 2. The van der Waals surface area contributed by atoms with Gasteiger partial charge in [0.25, 0.3) is 0 Å². The summed E-state index contributed by atoms with van der Waals surface area (Å²) in [5.41, 5.74) is 3.41. The average Bonchev–Trinajstić information content (AvgIpc) is 3.02. The maximum absolute atomic E-state index is 7.15. The molecule has 0 atom stereocenters. The number of hydrogen-bond acceptors (Lipinski definition) is 1. The van der Waals surface area contributed by atoms with Crippen molar-refractivity contribution < 1.29 is 4.74 Å². The highest BCUT2D eigenvalue weighted by Crippen LogP contribution is 2.38. The molecular formula is C40H70O. The van der Waals surface area contributed by atoms with E-state index >= 15 is 0 Å². The smallest absolute Gasteiger partial charge is 0.103 e. The summed E-state index contributed by atoms with van der Waals surface area (Å²) in [7, 11) is 0. The van der Waals surface area contributed by atoms with Crippen molar-refractivity contribution in [1.29, 1.82) is 0 Å². The van der Waals surface area contributed by atoms with E-state index in [4.69, 9.17) is 4.74 Å². The van der Waals surface area contributed by atoms with E-state index in [0.717, 1.165) is 23.7 Å². The van der Waals surface area contributed by atoms with E-state index in [0.29, 0.717) is 0 Å². The van der Waals surface area contributed by atoms with Gasteiger partial charge in [-0.3, -0.25) is 0 Å². The zero-order valence-corrected chi connectivity index (χ0v) is 27.9. The first-order chi connectivity index (χ1) is 20.2. The molecule has 0 amide bonds. The second-order valence-electron chi connectivity index (χ2n) is 15.1. The third-order valence-electron chi connectivity index (χ3n) is 11.8. The Morgan fingerprint density at radius 3 is 1.15 bits per heavy atom. The van der Waals surface area contributed by atoms with Gasteiger partial charge in [0.15, 0.2) is 0 Å². The molecule has 0 saturated heterocycles. The van der Waals surface area contributed by atoms with Crippen LogP contribution in [-0.4, -0.2) is 0 Å². The minimum absolute atomic E-state index is 1.01. The molecule has 0 unspecified atom stereocenters. The van der Waals surface area contributed by atoms with E-state index in [9.17, 15) is 0 Å². The highest BCUT2D eigenvalue weighted by molar-refractivity contribution is 5.17. The molecule has 0 N–H and O–H groups in total. The van der Waals surface area contributed by atoms with Gasteiger partial charge in [-0.25, -0.2) is 0 Å². The fraction of sp³-hybridized carbons (Fsp3) is 0.900. The van der Waals surface area contributed by atoms with Gasteiger partial charge in [0.2, 0.25) is 0 Å². The molecular weight excluding hydrogens is 496 g/mol. The van der Waals surface area contributed by atoms with Crippen molar-refractivity contribution in [1.82, 2.24) is 0 Å². The van der Waals surface area contributed by atoms with Crippen LogP contribution in [0.25, 0.3) is 0 Å². The Morgan fingerprint density at radius 1 is 0.463 bits per heavy atom. The minimum atomic E-state index is 1.01. The Bertz CT molecular complexity index is 678. The fourth-order valence-corrected chi connectivity index (χ4v) is 9.13. The molecule has 4 aliphatic carbocycles. The second kappa shape index (κ2) is 19.5. The van der Waals surface area contributed by atoms with Crippen LogP contribution in [0.1, 0.15) is 206 Å². The van der Waals surface area contributed by atoms with Crippen molar-refractivity contribution in [3.05, 3.63) is 22.7 Å². The summed E-state index contributed by atoms with van der Waals surface area (Å²) in [6, 6.07) is 0. The average molecular weight is 567 g/mol. The standard InChI is InChI=1S/C40H70O/c1-3-15-33-25-29-35(30-26-33)17-11-13-23-39(37-19-7-5-8-20-37)41-40(38-21-9-6-10-22-38)24-14-12-18-36-31-27-34(16-4-2)28-32-36/h33-36H,3-32H2,1-2H3. The Kier molecular flexibility index (Phi) is 15.8. The maximum Gasteiger partial charge on any atom is 0.103 e. The molecule has 0 radical (unpaired) electrons. The third kappa shape index (κ3) is 12.1. The first-order valence-electron chi connectivity index (χ1n) is 19.3. The maximum atomic E-state index is 7.15. The van der Waals surface area contributed by atoms with Crippen LogP contribution in [0.3, 0.4) is 0 Å². The van der Waals surface area contributed by atoms with Gasteiger partial charge in [-0.2, -0.15) is 0 Å². The summed E-state index contributed by atoms with van der Waals surface area (Å²) in [6.07, 6.45) is 42.2. The quantitative estimate of drug-likeness (QED) is 0.133. The van der Waals surface area contributed by atoms with Gasteiger partial charge in [-0.15, -0.1) is 0 Å². The lowest BCUT2D eigenvalue weighted by Gasteiger charge is -2.29. The van der Waals surface area contributed by atoms with Crippen molar-refractivity contribution in [3.63, 3.8) is 0 Å².